The van der Waals surface area contributed by atoms with Crippen LogP contribution in [-0.2, 0) is 12.7 Å². The molecule has 210 valence electrons. The van der Waals surface area contributed by atoms with Gasteiger partial charge in [0.25, 0.3) is 0 Å². The zero-order chi connectivity index (χ0) is 29.1. The van der Waals surface area contributed by atoms with Crippen molar-refractivity contribution in [1.82, 2.24) is 24.5 Å². The molecule has 42 heavy (non-hydrogen) atoms. The fourth-order valence-electron chi connectivity index (χ4n) is 4.27. The van der Waals surface area contributed by atoms with Crippen LogP contribution in [0, 0.1) is 0 Å². The van der Waals surface area contributed by atoms with Gasteiger partial charge in [-0.15, -0.1) is 0 Å². The lowest BCUT2D eigenvalue weighted by molar-refractivity contribution is -0.137. The highest BCUT2D eigenvalue weighted by Crippen LogP contribution is 2.31. The van der Waals surface area contributed by atoms with Crippen LogP contribution in [0.3, 0.4) is 0 Å². The predicted molar refractivity (Wildman–Crippen MR) is 152 cm³/mol. The third kappa shape index (κ3) is 5.85. The number of ether oxygens (including phenoxy) is 2. The van der Waals surface area contributed by atoms with Crippen LogP contribution in [0.15, 0.2) is 104 Å². The van der Waals surface area contributed by atoms with E-state index in [0.29, 0.717) is 45.6 Å². The Balaban J connectivity index is 1.34. The fraction of sp³-hybridized carbons (Fsp3) is 0.0968. The Bertz CT molecular complexity index is 1810. The van der Waals surface area contributed by atoms with Gasteiger partial charge in [0.2, 0.25) is 5.88 Å². The summed E-state index contributed by atoms with van der Waals surface area (Å²) in [6, 6.07) is 25.4. The van der Waals surface area contributed by atoms with Crippen molar-refractivity contribution < 1.29 is 22.6 Å². The number of benzene rings is 3. The molecule has 0 fully saturated rings. The van der Waals surface area contributed by atoms with Gasteiger partial charge in [-0.25, -0.2) is 19.9 Å². The zero-order valence-electron chi connectivity index (χ0n) is 22.2. The third-order valence-corrected chi connectivity index (χ3v) is 6.40. The molecule has 3 aromatic carbocycles. The number of aromatic nitrogens is 5. The van der Waals surface area contributed by atoms with Crippen LogP contribution in [0.1, 0.15) is 11.1 Å². The van der Waals surface area contributed by atoms with Crippen LogP contribution in [0.25, 0.3) is 22.6 Å². The molecule has 0 bridgehead atoms. The lowest BCUT2D eigenvalue weighted by atomic mass is 10.1. The van der Waals surface area contributed by atoms with E-state index in [4.69, 9.17) is 19.4 Å². The molecule has 3 heterocycles. The van der Waals surface area contributed by atoms with E-state index < -0.39 is 11.7 Å². The van der Waals surface area contributed by atoms with E-state index in [1.807, 2.05) is 54.6 Å². The van der Waals surface area contributed by atoms with Gasteiger partial charge in [-0.05, 0) is 60.2 Å². The van der Waals surface area contributed by atoms with E-state index in [9.17, 15) is 13.2 Å². The van der Waals surface area contributed by atoms with Gasteiger partial charge in [-0.2, -0.15) is 13.2 Å². The van der Waals surface area contributed by atoms with Gasteiger partial charge in [0.1, 0.15) is 11.5 Å². The SMILES string of the molecule is COc1ccc(-c2nc(Nc3ccc(Oc4ccccc4)cc3)c3ncn(Cc4ccc(C(F)(F)F)cc4)c3n2)cn1. The molecule has 0 aliphatic heterocycles. The van der Waals surface area contributed by atoms with Crippen molar-refractivity contribution >= 4 is 22.7 Å². The van der Waals surface area contributed by atoms with Crippen molar-refractivity contribution in [3.63, 3.8) is 0 Å². The van der Waals surface area contributed by atoms with E-state index in [1.54, 1.807) is 29.2 Å². The summed E-state index contributed by atoms with van der Waals surface area (Å²) in [6.07, 6.45) is -1.20. The van der Waals surface area contributed by atoms with E-state index in [2.05, 4.69) is 15.3 Å². The topological polar surface area (TPSA) is 87.0 Å². The van der Waals surface area contributed by atoms with Gasteiger partial charge in [-0.3, -0.25) is 0 Å². The maximum atomic E-state index is 13.0. The number of fused-ring (bicyclic) bond motifs is 1. The Kier molecular flexibility index (Phi) is 7.14. The van der Waals surface area contributed by atoms with E-state index in [-0.39, 0.29) is 6.54 Å². The third-order valence-electron chi connectivity index (χ3n) is 6.40. The lowest BCUT2D eigenvalue weighted by Gasteiger charge is -2.11. The number of halogens is 3. The predicted octanol–water partition coefficient (Wildman–Crippen LogP) is 7.50. The van der Waals surface area contributed by atoms with Gasteiger partial charge in [0.05, 0.1) is 25.5 Å². The summed E-state index contributed by atoms with van der Waals surface area (Å²) >= 11 is 0. The molecule has 0 saturated heterocycles. The average Bonchev–Trinajstić information content (AvgIpc) is 3.41. The van der Waals surface area contributed by atoms with Crippen LogP contribution in [-0.4, -0.2) is 31.6 Å². The number of hydrogen-bond acceptors (Lipinski definition) is 7. The number of methoxy groups -OCH3 is 1. The molecule has 6 rings (SSSR count). The second kappa shape index (κ2) is 11.2. The fourth-order valence-corrected chi connectivity index (χ4v) is 4.27. The highest BCUT2D eigenvalue weighted by atomic mass is 19.4. The number of imidazole rings is 1. The van der Waals surface area contributed by atoms with Gasteiger partial charge in [-0.1, -0.05) is 30.3 Å². The number of pyridine rings is 1. The molecule has 1 N–H and O–H groups in total. The molecule has 11 heteroatoms. The van der Waals surface area contributed by atoms with Crippen LogP contribution < -0.4 is 14.8 Å². The molecule has 8 nitrogen and oxygen atoms in total. The van der Waals surface area contributed by atoms with Crippen molar-refractivity contribution in [1.29, 1.82) is 0 Å². The quantitative estimate of drug-likeness (QED) is 0.203. The molecule has 0 aliphatic rings. The summed E-state index contributed by atoms with van der Waals surface area (Å²) in [5.41, 5.74) is 2.35. The summed E-state index contributed by atoms with van der Waals surface area (Å²) < 4.78 is 52.0. The zero-order valence-corrected chi connectivity index (χ0v) is 22.2. The molecule has 0 amide bonds. The number of para-hydroxylation sites is 1. The van der Waals surface area contributed by atoms with E-state index >= 15 is 0 Å². The summed E-state index contributed by atoms with van der Waals surface area (Å²) in [6.45, 7) is 0.261. The standard InChI is InChI=1S/C31H23F3N6O2/c1-41-26-16-9-21(17-35-26)28-38-29(37-23-12-14-25(15-13-23)42-24-5-3-2-4-6-24)27-30(39-28)40(19-36-27)18-20-7-10-22(11-8-20)31(32,33)34/h2-17,19H,18H2,1H3,(H,37,38,39). The Morgan fingerprint density at radius 3 is 2.21 bits per heavy atom. The maximum absolute atomic E-state index is 13.0. The molecule has 0 saturated carbocycles. The molecule has 0 unspecified atom stereocenters. The normalized spacial score (nSPS) is 11.4. The minimum Gasteiger partial charge on any atom is -0.481 e. The number of hydrogen-bond donors (Lipinski definition) is 1. The van der Waals surface area contributed by atoms with Crippen LogP contribution in [0.5, 0.6) is 17.4 Å². The Morgan fingerprint density at radius 2 is 1.55 bits per heavy atom. The minimum atomic E-state index is -4.40. The molecule has 0 atom stereocenters. The second-order valence-electron chi connectivity index (χ2n) is 9.29. The van der Waals surface area contributed by atoms with Crippen LogP contribution in [0.2, 0.25) is 0 Å². The van der Waals surface area contributed by atoms with Crippen molar-refractivity contribution in [3.05, 3.63) is 115 Å². The summed E-state index contributed by atoms with van der Waals surface area (Å²) in [4.78, 5) is 18.3. The second-order valence-corrected chi connectivity index (χ2v) is 9.29. The first-order valence-corrected chi connectivity index (χ1v) is 12.8. The Hall–Kier alpha value is -5.45. The largest absolute Gasteiger partial charge is 0.481 e. The van der Waals surface area contributed by atoms with Crippen molar-refractivity contribution in [2.45, 2.75) is 12.7 Å². The number of alkyl halides is 3. The number of nitrogens with one attached hydrogen (secondary N) is 1. The maximum Gasteiger partial charge on any atom is 0.416 e. The van der Waals surface area contributed by atoms with Crippen molar-refractivity contribution in [2.24, 2.45) is 0 Å². The van der Waals surface area contributed by atoms with Crippen molar-refractivity contribution in [2.75, 3.05) is 12.4 Å². The highest BCUT2D eigenvalue weighted by molar-refractivity contribution is 5.87. The van der Waals surface area contributed by atoms with Crippen molar-refractivity contribution in [3.8, 4) is 28.8 Å². The minimum absolute atomic E-state index is 0.261. The van der Waals surface area contributed by atoms with Crippen LogP contribution in [0.4, 0.5) is 24.7 Å². The lowest BCUT2D eigenvalue weighted by Crippen LogP contribution is -2.06. The van der Waals surface area contributed by atoms with E-state index in [0.717, 1.165) is 23.6 Å². The number of nitrogens with zero attached hydrogens (tertiary/aromatic N) is 5. The Morgan fingerprint density at radius 1 is 0.810 bits per heavy atom. The smallest absolute Gasteiger partial charge is 0.416 e. The molecular formula is C31H23F3N6O2. The first-order chi connectivity index (χ1) is 20.4. The van der Waals surface area contributed by atoms with Crippen LogP contribution >= 0.6 is 0 Å². The van der Waals surface area contributed by atoms with Gasteiger partial charge >= 0.3 is 6.18 Å². The first kappa shape index (κ1) is 26.8. The molecule has 0 spiro atoms. The average molecular weight is 569 g/mol. The summed E-state index contributed by atoms with van der Waals surface area (Å²) in [5.74, 6) is 2.69. The Labute approximate surface area is 238 Å². The molecule has 0 radical (unpaired) electrons. The highest BCUT2D eigenvalue weighted by Gasteiger charge is 2.30. The summed E-state index contributed by atoms with van der Waals surface area (Å²) in [7, 11) is 1.53. The first-order valence-electron chi connectivity index (χ1n) is 12.8. The van der Waals surface area contributed by atoms with Gasteiger partial charge in [0, 0.05) is 23.5 Å². The summed E-state index contributed by atoms with van der Waals surface area (Å²) in [5, 5.41) is 3.32. The van der Waals surface area contributed by atoms with Gasteiger partial charge in [0.15, 0.2) is 22.8 Å². The molecule has 3 aromatic heterocycles. The van der Waals surface area contributed by atoms with E-state index in [1.165, 1.54) is 19.2 Å². The number of rotatable bonds is 8. The molecular weight excluding hydrogens is 545 g/mol. The molecule has 6 aromatic rings. The monoisotopic (exact) mass is 568 g/mol. The molecule has 0 aliphatic carbocycles. The van der Waals surface area contributed by atoms with Gasteiger partial charge < -0.3 is 19.4 Å². The number of anilines is 2.